The number of nitrogens with zero attached hydrogens (tertiary/aromatic N) is 1. The molecule has 1 spiro atoms. The lowest BCUT2D eigenvalue weighted by Crippen LogP contribution is -2.74. The summed E-state index contributed by atoms with van der Waals surface area (Å²) in [7, 11) is -1.95. The number of carbonyl (C=O) groups is 1. The van der Waals surface area contributed by atoms with E-state index >= 15 is 0 Å². The number of nitrogens with one attached hydrogen (secondary N) is 3. The quantitative estimate of drug-likeness (QED) is 0.660. The highest BCUT2D eigenvalue weighted by molar-refractivity contribution is 7.93. The topological polar surface area (TPSA) is 109 Å². The van der Waals surface area contributed by atoms with Crippen LogP contribution in [-0.2, 0) is 15.4 Å². The number of halogens is 1. The van der Waals surface area contributed by atoms with Crippen molar-refractivity contribution in [3.05, 3.63) is 53.6 Å². The lowest BCUT2D eigenvalue weighted by atomic mass is 9.90. The first-order valence-electron chi connectivity index (χ1n) is 9.48. The second kappa shape index (κ2) is 7.29. The molecule has 3 heterocycles. The highest BCUT2D eigenvalue weighted by Gasteiger charge is 2.55. The van der Waals surface area contributed by atoms with Crippen LogP contribution in [0.2, 0.25) is 0 Å². The van der Waals surface area contributed by atoms with Crippen molar-refractivity contribution in [3.8, 4) is 5.75 Å². The lowest BCUT2D eigenvalue weighted by Gasteiger charge is -2.50. The molecular formula is C20H23FN4O4S. The van der Waals surface area contributed by atoms with Gasteiger partial charge in [0.05, 0.1) is 24.6 Å². The van der Waals surface area contributed by atoms with Gasteiger partial charge in [0.25, 0.3) is 5.91 Å². The summed E-state index contributed by atoms with van der Waals surface area (Å²) in [5.41, 5.74) is -0.400. The van der Waals surface area contributed by atoms with E-state index in [1.807, 2.05) is 0 Å². The van der Waals surface area contributed by atoms with Gasteiger partial charge in [0.1, 0.15) is 22.0 Å². The van der Waals surface area contributed by atoms with Gasteiger partial charge in [0, 0.05) is 30.9 Å². The zero-order valence-corrected chi connectivity index (χ0v) is 17.5. The number of ether oxygens (including phenoxy) is 1. The van der Waals surface area contributed by atoms with Crippen molar-refractivity contribution in [2.45, 2.75) is 17.2 Å². The van der Waals surface area contributed by atoms with Gasteiger partial charge in [-0.15, -0.1) is 0 Å². The fourth-order valence-corrected chi connectivity index (χ4v) is 6.09. The van der Waals surface area contributed by atoms with E-state index in [9.17, 15) is 17.6 Å². The summed E-state index contributed by atoms with van der Waals surface area (Å²) in [4.78, 5) is 16.5. The van der Waals surface area contributed by atoms with Gasteiger partial charge >= 0.3 is 0 Å². The maximum atomic E-state index is 14.7. The number of methoxy groups -OCH3 is 1. The molecule has 0 bridgehead atoms. The zero-order chi connectivity index (χ0) is 21.6. The van der Waals surface area contributed by atoms with Crippen molar-refractivity contribution < 1.29 is 22.3 Å². The summed E-state index contributed by atoms with van der Waals surface area (Å²) < 4.78 is 44.7. The maximum Gasteiger partial charge on any atom is 0.274 e. The number of carbonyl (C=O) groups excluding carboxylic acids is 1. The Kier molecular flexibility index (Phi) is 5.03. The van der Waals surface area contributed by atoms with Gasteiger partial charge in [-0.3, -0.25) is 4.79 Å². The predicted molar refractivity (Wildman–Crippen MR) is 110 cm³/mol. The second-order valence-electron chi connectivity index (χ2n) is 7.96. The normalized spacial score (nSPS) is 24.1. The molecule has 3 N–H and O–H groups in total. The average molecular weight is 434 g/mol. The molecule has 0 radical (unpaired) electrons. The van der Waals surface area contributed by atoms with Crippen LogP contribution in [0, 0.1) is 5.82 Å². The van der Waals surface area contributed by atoms with Gasteiger partial charge < -0.3 is 20.7 Å². The van der Waals surface area contributed by atoms with Crippen LogP contribution in [0.15, 0.2) is 36.5 Å². The zero-order valence-electron chi connectivity index (χ0n) is 16.7. The standard InChI is InChI=1S/C20H23FN4O4S/c1-19(12-30(27,28)20(11-24-19)9-22-10-20)15-7-13(3-5-16(15)21)25-18(26)17-6-4-14(29-2)8-23-17/h3-8,22,24H,9-12H2,1-2H3,(H,25,26). The average Bonchev–Trinajstić information content (AvgIpc) is 2.67. The maximum absolute atomic E-state index is 14.7. The van der Waals surface area contributed by atoms with Crippen molar-refractivity contribution in [1.82, 2.24) is 15.6 Å². The Morgan fingerprint density at radius 3 is 2.57 bits per heavy atom. The van der Waals surface area contributed by atoms with Crippen LogP contribution in [-0.4, -0.2) is 56.6 Å². The number of benzene rings is 1. The molecular weight excluding hydrogens is 411 g/mol. The highest BCUT2D eigenvalue weighted by Crippen LogP contribution is 2.37. The van der Waals surface area contributed by atoms with Crippen LogP contribution in [0.25, 0.3) is 0 Å². The molecule has 2 saturated heterocycles. The fraction of sp³-hybridized carbons (Fsp3) is 0.400. The first-order chi connectivity index (χ1) is 14.2. The molecule has 2 fully saturated rings. The number of hydrogen-bond donors (Lipinski definition) is 3. The number of amides is 1. The number of hydrogen-bond acceptors (Lipinski definition) is 7. The van der Waals surface area contributed by atoms with E-state index in [2.05, 4.69) is 20.9 Å². The minimum absolute atomic E-state index is 0.172. The van der Waals surface area contributed by atoms with Crippen LogP contribution in [0.4, 0.5) is 10.1 Å². The molecule has 0 aliphatic carbocycles. The van der Waals surface area contributed by atoms with Crippen LogP contribution < -0.4 is 20.7 Å². The number of anilines is 1. The molecule has 2 aliphatic rings. The van der Waals surface area contributed by atoms with Crippen molar-refractivity contribution >= 4 is 21.4 Å². The lowest BCUT2D eigenvalue weighted by molar-refractivity contribution is 0.102. The third-order valence-corrected chi connectivity index (χ3v) is 8.57. The number of pyridine rings is 1. The molecule has 1 unspecified atom stereocenters. The summed E-state index contributed by atoms with van der Waals surface area (Å²) in [6.07, 6.45) is 1.42. The number of sulfone groups is 1. The molecule has 1 aromatic carbocycles. The van der Waals surface area contributed by atoms with Crippen molar-refractivity contribution in [1.29, 1.82) is 0 Å². The molecule has 2 aromatic rings. The van der Waals surface area contributed by atoms with Gasteiger partial charge in [-0.05, 0) is 37.3 Å². The number of aromatic nitrogens is 1. The van der Waals surface area contributed by atoms with Crippen molar-refractivity contribution in [2.24, 2.45) is 0 Å². The van der Waals surface area contributed by atoms with E-state index in [-0.39, 0.29) is 23.6 Å². The van der Waals surface area contributed by atoms with Gasteiger partial charge in [-0.25, -0.2) is 17.8 Å². The van der Waals surface area contributed by atoms with Crippen LogP contribution in [0.5, 0.6) is 5.75 Å². The summed E-state index contributed by atoms with van der Waals surface area (Å²) >= 11 is 0. The SMILES string of the molecule is COc1ccc(C(=O)Nc2ccc(F)c(C3(C)CS(=O)(=O)C4(CNC4)CN3)c2)nc1. The van der Waals surface area contributed by atoms with E-state index in [0.717, 1.165) is 0 Å². The van der Waals surface area contributed by atoms with Crippen LogP contribution in [0.3, 0.4) is 0 Å². The summed E-state index contributed by atoms with van der Waals surface area (Å²) in [5, 5.41) is 8.92. The number of rotatable bonds is 4. The molecule has 0 saturated carbocycles. The van der Waals surface area contributed by atoms with Gasteiger partial charge in [-0.1, -0.05) is 0 Å². The van der Waals surface area contributed by atoms with Crippen LogP contribution >= 0.6 is 0 Å². The van der Waals surface area contributed by atoms with E-state index in [0.29, 0.717) is 24.5 Å². The third kappa shape index (κ3) is 3.44. The Morgan fingerprint density at radius 1 is 1.23 bits per heavy atom. The van der Waals surface area contributed by atoms with E-state index in [1.54, 1.807) is 13.0 Å². The molecule has 160 valence electrons. The van der Waals surface area contributed by atoms with Gasteiger partial charge in [0.2, 0.25) is 0 Å². The summed E-state index contributed by atoms with van der Waals surface area (Å²) in [6, 6.07) is 7.25. The molecule has 2 aliphatic heterocycles. The first kappa shape index (κ1) is 20.7. The minimum atomic E-state index is -3.45. The van der Waals surface area contributed by atoms with Gasteiger partial charge in [0.15, 0.2) is 9.84 Å². The van der Waals surface area contributed by atoms with Crippen molar-refractivity contribution in [3.63, 3.8) is 0 Å². The predicted octanol–water partition coefficient (Wildman–Crippen LogP) is 1.06. The molecule has 10 heteroatoms. The second-order valence-corrected chi connectivity index (χ2v) is 10.3. The smallest absolute Gasteiger partial charge is 0.274 e. The summed E-state index contributed by atoms with van der Waals surface area (Å²) in [5.74, 6) is -0.712. The molecule has 30 heavy (non-hydrogen) atoms. The Labute approximate surface area is 174 Å². The largest absolute Gasteiger partial charge is 0.495 e. The van der Waals surface area contributed by atoms with Gasteiger partial charge in [-0.2, -0.15) is 0 Å². The van der Waals surface area contributed by atoms with Crippen LogP contribution in [0.1, 0.15) is 23.0 Å². The molecule has 1 aromatic heterocycles. The summed E-state index contributed by atoms with van der Waals surface area (Å²) in [6.45, 7) is 2.70. The Morgan fingerprint density at radius 2 is 2.00 bits per heavy atom. The monoisotopic (exact) mass is 434 g/mol. The Hall–Kier alpha value is -2.56. The first-order valence-corrected chi connectivity index (χ1v) is 11.1. The third-order valence-electron chi connectivity index (χ3n) is 5.86. The Bertz CT molecular complexity index is 1090. The molecule has 8 nitrogen and oxygen atoms in total. The van der Waals surface area contributed by atoms with Crippen molar-refractivity contribution in [2.75, 3.05) is 37.8 Å². The highest BCUT2D eigenvalue weighted by atomic mass is 32.2. The van der Waals surface area contributed by atoms with E-state index in [4.69, 9.17) is 4.74 Å². The van der Waals surface area contributed by atoms with E-state index < -0.39 is 31.8 Å². The Balaban J connectivity index is 1.58. The fourth-order valence-electron chi connectivity index (χ4n) is 3.83. The van der Waals surface area contributed by atoms with E-state index in [1.165, 1.54) is 37.6 Å². The minimum Gasteiger partial charge on any atom is -0.495 e. The molecule has 1 amide bonds. The molecule has 4 rings (SSSR count). The molecule has 1 atom stereocenters.